The fourth-order valence-electron chi connectivity index (χ4n) is 1.87. The molecule has 0 amide bonds. The van der Waals surface area contributed by atoms with E-state index in [2.05, 4.69) is 13.8 Å². The zero-order chi connectivity index (χ0) is 12.3. The summed E-state index contributed by atoms with van der Waals surface area (Å²) in [6, 6.07) is 12.0. The van der Waals surface area contributed by atoms with Gasteiger partial charge in [-0.3, -0.25) is 0 Å². The number of rotatable bonds is 4. The highest BCUT2D eigenvalue weighted by molar-refractivity contribution is 5.87. The van der Waals surface area contributed by atoms with Crippen LogP contribution in [0, 0.1) is 5.92 Å². The van der Waals surface area contributed by atoms with E-state index in [1.54, 1.807) is 0 Å². The molecule has 0 heterocycles. The molecule has 0 atom stereocenters. The molecule has 2 aromatic rings. The van der Waals surface area contributed by atoms with Crippen LogP contribution in [0.3, 0.4) is 0 Å². The van der Waals surface area contributed by atoms with Gasteiger partial charge in [0.05, 0.1) is 13.2 Å². The average molecular weight is 230 g/mol. The van der Waals surface area contributed by atoms with Gasteiger partial charge >= 0.3 is 0 Å². The van der Waals surface area contributed by atoms with E-state index in [1.807, 2.05) is 36.4 Å². The Morgan fingerprint density at radius 3 is 2.59 bits per heavy atom. The number of fused-ring (bicyclic) bond motifs is 1. The van der Waals surface area contributed by atoms with Crippen LogP contribution in [-0.4, -0.2) is 11.7 Å². The van der Waals surface area contributed by atoms with Crippen LogP contribution in [0.4, 0.5) is 0 Å². The lowest BCUT2D eigenvalue weighted by molar-refractivity contribution is 0.247. The maximum atomic E-state index is 9.50. The van der Waals surface area contributed by atoms with E-state index in [4.69, 9.17) is 4.74 Å². The normalized spacial score (nSPS) is 11.1. The van der Waals surface area contributed by atoms with Gasteiger partial charge in [-0.2, -0.15) is 0 Å². The molecule has 0 unspecified atom stereocenters. The standard InChI is InChI=1S/C15H18O2/c1-11(2)10-17-15-8-7-12-5-3-4-6-13(12)14(15)9-16/h3-8,11,16H,9-10H2,1-2H3. The molecule has 0 aliphatic carbocycles. The predicted molar refractivity (Wildman–Crippen MR) is 70.2 cm³/mol. The minimum absolute atomic E-state index is 0.00871. The van der Waals surface area contributed by atoms with Crippen LogP contribution < -0.4 is 4.74 Å². The quantitative estimate of drug-likeness (QED) is 0.872. The molecule has 1 N–H and O–H groups in total. The van der Waals surface area contributed by atoms with Crippen molar-refractivity contribution in [3.8, 4) is 5.75 Å². The molecule has 0 aliphatic heterocycles. The molecule has 0 spiro atoms. The van der Waals surface area contributed by atoms with Gasteiger partial charge < -0.3 is 9.84 Å². The van der Waals surface area contributed by atoms with Crippen LogP contribution in [0.1, 0.15) is 19.4 Å². The van der Waals surface area contributed by atoms with Crippen molar-refractivity contribution in [1.29, 1.82) is 0 Å². The third-order valence-electron chi connectivity index (χ3n) is 2.73. The molecule has 2 nitrogen and oxygen atoms in total. The smallest absolute Gasteiger partial charge is 0.125 e. The third kappa shape index (κ3) is 2.59. The van der Waals surface area contributed by atoms with Crippen molar-refractivity contribution in [1.82, 2.24) is 0 Å². The zero-order valence-corrected chi connectivity index (χ0v) is 10.3. The van der Waals surface area contributed by atoms with Gasteiger partial charge in [0.1, 0.15) is 5.75 Å². The topological polar surface area (TPSA) is 29.5 Å². The molecule has 0 aliphatic rings. The minimum Gasteiger partial charge on any atom is -0.493 e. The summed E-state index contributed by atoms with van der Waals surface area (Å²) in [6.45, 7) is 4.90. The van der Waals surface area contributed by atoms with Crippen molar-refractivity contribution < 1.29 is 9.84 Å². The second-order valence-electron chi connectivity index (χ2n) is 4.63. The first-order valence-electron chi connectivity index (χ1n) is 5.96. The fraction of sp³-hybridized carbons (Fsp3) is 0.333. The number of aliphatic hydroxyl groups is 1. The summed E-state index contributed by atoms with van der Waals surface area (Å²) in [4.78, 5) is 0. The molecule has 17 heavy (non-hydrogen) atoms. The Labute approximate surface area is 102 Å². The Morgan fingerprint density at radius 1 is 1.12 bits per heavy atom. The lowest BCUT2D eigenvalue weighted by atomic mass is 10.0. The molecular weight excluding hydrogens is 212 g/mol. The average Bonchev–Trinajstić information content (AvgIpc) is 2.35. The summed E-state index contributed by atoms with van der Waals surface area (Å²) in [6.07, 6.45) is 0. The Kier molecular flexibility index (Phi) is 3.64. The van der Waals surface area contributed by atoms with Crippen LogP contribution >= 0.6 is 0 Å². The Morgan fingerprint density at radius 2 is 1.88 bits per heavy atom. The van der Waals surface area contributed by atoms with Crippen molar-refractivity contribution in [3.63, 3.8) is 0 Å². The third-order valence-corrected chi connectivity index (χ3v) is 2.73. The van der Waals surface area contributed by atoms with Crippen molar-refractivity contribution in [3.05, 3.63) is 42.0 Å². The molecule has 90 valence electrons. The number of benzene rings is 2. The molecule has 0 aromatic heterocycles. The van der Waals surface area contributed by atoms with Crippen LogP contribution in [-0.2, 0) is 6.61 Å². The van der Waals surface area contributed by atoms with Gasteiger partial charge in [-0.25, -0.2) is 0 Å². The zero-order valence-electron chi connectivity index (χ0n) is 10.3. The Balaban J connectivity index is 2.42. The van der Waals surface area contributed by atoms with Gasteiger partial charge in [-0.15, -0.1) is 0 Å². The van der Waals surface area contributed by atoms with Gasteiger partial charge in [-0.05, 0) is 22.8 Å². The van der Waals surface area contributed by atoms with E-state index in [-0.39, 0.29) is 6.61 Å². The predicted octanol–water partition coefficient (Wildman–Crippen LogP) is 3.37. The highest BCUT2D eigenvalue weighted by atomic mass is 16.5. The van der Waals surface area contributed by atoms with E-state index in [0.717, 1.165) is 22.1 Å². The Hall–Kier alpha value is -1.54. The molecule has 2 heteroatoms. The second-order valence-corrected chi connectivity index (χ2v) is 4.63. The fourth-order valence-corrected chi connectivity index (χ4v) is 1.87. The second kappa shape index (κ2) is 5.19. The lowest BCUT2D eigenvalue weighted by Gasteiger charge is -2.14. The number of hydrogen-bond acceptors (Lipinski definition) is 2. The first-order valence-corrected chi connectivity index (χ1v) is 5.96. The van der Waals surface area contributed by atoms with Crippen molar-refractivity contribution >= 4 is 10.8 Å². The molecule has 2 aromatic carbocycles. The summed E-state index contributed by atoms with van der Waals surface area (Å²) in [5.74, 6) is 1.27. The van der Waals surface area contributed by atoms with Gasteiger partial charge in [0, 0.05) is 5.56 Å². The first-order chi connectivity index (χ1) is 8.22. The van der Waals surface area contributed by atoms with Gasteiger partial charge in [0.2, 0.25) is 0 Å². The molecule has 0 saturated carbocycles. The molecule has 2 rings (SSSR count). The van der Waals surface area contributed by atoms with Gasteiger partial charge in [0.15, 0.2) is 0 Å². The maximum absolute atomic E-state index is 9.50. The van der Waals surface area contributed by atoms with E-state index in [1.165, 1.54) is 0 Å². The van der Waals surface area contributed by atoms with E-state index < -0.39 is 0 Å². The summed E-state index contributed by atoms with van der Waals surface area (Å²) in [5, 5.41) is 11.7. The van der Waals surface area contributed by atoms with E-state index in [0.29, 0.717) is 12.5 Å². The minimum atomic E-state index is 0.00871. The number of aliphatic hydroxyl groups excluding tert-OH is 1. The summed E-state index contributed by atoms with van der Waals surface area (Å²) in [7, 11) is 0. The molecule has 0 fully saturated rings. The Bertz CT molecular complexity index is 503. The van der Waals surface area contributed by atoms with E-state index in [9.17, 15) is 5.11 Å². The first kappa shape index (κ1) is 11.9. The van der Waals surface area contributed by atoms with Crippen LogP contribution in [0.25, 0.3) is 10.8 Å². The lowest BCUT2D eigenvalue weighted by Crippen LogP contribution is -2.06. The monoisotopic (exact) mass is 230 g/mol. The number of hydrogen-bond donors (Lipinski definition) is 1. The molecule has 0 radical (unpaired) electrons. The highest BCUT2D eigenvalue weighted by Crippen LogP contribution is 2.28. The van der Waals surface area contributed by atoms with Crippen molar-refractivity contribution in [2.45, 2.75) is 20.5 Å². The van der Waals surface area contributed by atoms with Crippen LogP contribution in [0.5, 0.6) is 5.75 Å². The van der Waals surface area contributed by atoms with Gasteiger partial charge in [-0.1, -0.05) is 44.2 Å². The molecule has 0 bridgehead atoms. The van der Waals surface area contributed by atoms with Crippen molar-refractivity contribution in [2.24, 2.45) is 5.92 Å². The van der Waals surface area contributed by atoms with E-state index >= 15 is 0 Å². The summed E-state index contributed by atoms with van der Waals surface area (Å²) < 4.78 is 5.74. The number of ether oxygens (including phenoxy) is 1. The molecular formula is C15H18O2. The largest absolute Gasteiger partial charge is 0.493 e. The molecule has 0 saturated heterocycles. The highest BCUT2D eigenvalue weighted by Gasteiger charge is 2.08. The summed E-state index contributed by atoms with van der Waals surface area (Å²) in [5.41, 5.74) is 0.878. The van der Waals surface area contributed by atoms with Crippen molar-refractivity contribution in [2.75, 3.05) is 6.61 Å². The SMILES string of the molecule is CC(C)COc1ccc2ccccc2c1CO. The summed E-state index contributed by atoms with van der Waals surface area (Å²) >= 11 is 0. The van der Waals surface area contributed by atoms with Crippen LogP contribution in [0.15, 0.2) is 36.4 Å². The van der Waals surface area contributed by atoms with Crippen LogP contribution in [0.2, 0.25) is 0 Å². The maximum Gasteiger partial charge on any atom is 0.125 e. The van der Waals surface area contributed by atoms with Gasteiger partial charge in [0.25, 0.3) is 0 Å².